The first-order valence-corrected chi connectivity index (χ1v) is 13.3. The third kappa shape index (κ3) is 7.69. The summed E-state index contributed by atoms with van der Waals surface area (Å²) in [4.78, 5) is 28.5. The van der Waals surface area contributed by atoms with Gasteiger partial charge in [-0.1, -0.05) is 35.9 Å². The molecule has 0 aliphatic carbocycles. The number of anilines is 3. The summed E-state index contributed by atoms with van der Waals surface area (Å²) in [5.74, 6) is -0.422. The van der Waals surface area contributed by atoms with Crippen molar-refractivity contribution in [1.29, 1.82) is 0 Å². The maximum Gasteiger partial charge on any atom is 0.436 e. The number of carbonyl (C=O) groups is 2. The highest BCUT2D eigenvalue weighted by Gasteiger charge is 2.54. The van der Waals surface area contributed by atoms with E-state index in [-0.39, 0.29) is 6.61 Å². The molecule has 1 fully saturated rings. The maximum absolute atomic E-state index is 12.9. The number of benzene rings is 3. The lowest BCUT2D eigenvalue weighted by atomic mass is 10.1. The third-order valence-electron chi connectivity index (χ3n) is 6.63. The molecule has 218 valence electrons. The summed E-state index contributed by atoms with van der Waals surface area (Å²) in [6.07, 6.45) is -4.98. The Balaban J connectivity index is 1.24. The van der Waals surface area contributed by atoms with E-state index in [0.29, 0.717) is 23.5 Å². The van der Waals surface area contributed by atoms with Crippen LogP contribution in [0.15, 0.2) is 72.8 Å². The molecule has 0 saturated carbocycles. The Morgan fingerprint density at radius 1 is 0.878 bits per heavy atom. The summed E-state index contributed by atoms with van der Waals surface area (Å²) in [6.45, 7) is 5.58. The highest BCUT2D eigenvalue weighted by Crippen LogP contribution is 2.42. The predicted molar refractivity (Wildman–Crippen MR) is 151 cm³/mol. The Labute approximate surface area is 240 Å². The van der Waals surface area contributed by atoms with Gasteiger partial charge in [-0.2, -0.15) is 13.2 Å². The number of nitrogens with zero attached hydrogens (tertiary/aromatic N) is 2. The van der Waals surface area contributed by atoms with E-state index in [4.69, 9.17) is 16.3 Å². The molecule has 8 nitrogen and oxygen atoms in total. The minimum absolute atomic E-state index is 0.285. The van der Waals surface area contributed by atoms with E-state index in [1.54, 1.807) is 43.3 Å². The van der Waals surface area contributed by atoms with Crippen LogP contribution in [0.1, 0.15) is 28.4 Å². The number of amides is 2. The summed E-state index contributed by atoms with van der Waals surface area (Å²) in [5.41, 5.74) is 2.95. The van der Waals surface area contributed by atoms with Crippen LogP contribution in [0.4, 0.5) is 35.0 Å². The standard InChI is InChI=1S/C29H30ClF3N4O4/c1-2-41-26(38)21-5-9-23(10-6-21)34-27(39)35-24-11-13-25(14-12-24)37-17-15-36(16-18-37)19-20-3-7-22(8-4-20)28(30,40)29(31,32)33/h3-14,40H,2,15-19H2,1H3,(H2,34,35,39). The van der Waals surface area contributed by atoms with E-state index in [9.17, 15) is 27.9 Å². The molecule has 3 aromatic rings. The average molecular weight is 591 g/mol. The zero-order chi connectivity index (χ0) is 29.6. The van der Waals surface area contributed by atoms with Gasteiger partial charge < -0.3 is 25.4 Å². The Kier molecular flexibility index (Phi) is 9.42. The zero-order valence-electron chi connectivity index (χ0n) is 22.2. The molecule has 41 heavy (non-hydrogen) atoms. The molecule has 1 aliphatic heterocycles. The monoisotopic (exact) mass is 590 g/mol. The molecule has 1 unspecified atom stereocenters. The van der Waals surface area contributed by atoms with Gasteiger partial charge in [0.05, 0.1) is 12.2 Å². The van der Waals surface area contributed by atoms with Crippen molar-refractivity contribution >= 4 is 40.7 Å². The van der Waals surface area contributed by atoms with E-state index >= 15 is 0 Å². The van der Waals surface area contributed by atoms with Crippen LogP contribution in [0.5, 0.6) is 0 Å². The van der Waals surface area contributed by atoms with Gasteiger partial charge in [0.15, 0.2) is 0 Å². The lowest BCUT2D eigenvalue weighted by Crippen LogP contribution is -2.46. The second kappa shape index (κ2) is 12.8. The lowest BCUT2D eigenvalue weighted by molar-refractivity contribution is -0.228. The van der Waals surface area contributed by atoms with Crippen LogP contribution >= 0.6 is 11.6 Å². The SMILES string of the molecule is CCOC(=O)c1ccc(NC(=O)Nc2ccc(N3CCN(Cc4ccc(C(O)(Cl)C(F)(F)F)cc4)CC3)cc2)cc1. The summed E-state index contributed by atoms with van der Waals surface area (Å²) < 4.78 is 43.8. The molecule has 0 radical (unpaired) electrons. The molecule has 0 spiro atoms. The van der Waals surface area contributed by atoms with Gasteiger partial charge in [-0.05, 0) is 61.0 Å². The summed E-state index contributed by atoms with van der Waals surface area (Å²) in [6, 6.07) is 18.9. The number of urea groups is 1. The van der Waals surface area contributed by atoms with E-state index in [1.807, 2.05) is 24.3 Å². The molecule has 0 bridgehead atoms. The molecule has 1 heterocycles. The Hall–Kier alpha value is -3.80. The van der Waals surface area contributed by atoms with Gasteiger partial charge in [0.2, 0.25) is 0 Å². The smallest absolute Gasteiger partial charge is 0.436 e. The van der Waals surface area contributed by atoms with Crippen molar-refractivity contribution in [3.8, 4) is 0 Å². The van der Waals surface area contributed by atoms with Crippen LogP contribution in [-0.4, -0.2) is 61.0 Å². The topological polar surface area (TPSA) is 94.1 Å². The fourth-order valence-corrected chi connectivity index (χ4v) is 4.50. The summed E-state index contributed by atoms with van der Waals surface area (Å²) in [7, 11) is 0. The molecule has 3 N–H and O–H groups in total. The fraction of sp³-hybridized carbons (Fsp3) is 0.310. The number of hydrogen-bond acceptors (Lipinski definition) is 6. The third-order valence-corrected chi connectivity index (χ3v) is 7.07. The Morgan fingerprint density at radius 3 is 1.93 bits per heavy atom. The van der Waals surface area contributed by atoms with Crippen LogP contribution in [0.2, 0.25) is 0 Å². The highest BCUT2D eigenvalue weighted by molar-refractivity contribution is 6.23. The first-order valence-electron chi connectivity index (χ1n) is 13.0. The summed E-state index contributed by atoms with van der Waals surface area (Å²) in [5, 5.41) is 11.7. The molecule has 12 heteroatoms. The van der Waals surface area contributed by atoms with Gasteiger partial charge in [-0.25, -0.2) is 9.59 Å². The van der Waals surface area contributed by atoms with E-state index in [0.717, 1.165) is 37.4 Å². The molecule has 2 amide bonds. The van der Waals surface area contributed by atoms with Crippen molar-refractivity contribution < 1.29 is 32.6 Å². The quantitative estimate of drug-likeness (QED) is 0.228. The van der Waals surface area contributed by atoms with Gasteiger partial charge in [-0.15, -0.1) is 0 Å². The highest BCUT2D eigenvalue weighted by atomic mass is 35.5. The van der Waals surface area contributed by atoms with Crippen molar-refractivity contribution in [1.82, 2.24) is 4.90 Å². The second-order valence-electron chi connectivity index (χ2n) is 9.50. The number of aliphatic hydroxyl groups is 1. The van der Waals surface area contributed by atoms with Crippen molar-refractivity contribution in [2.24, 2.45) is 0 Å². The average Bonchev–Trinajstić information content (AvgIpc) is 2.94. The summed E-state index contributed by atoms with van der Waals surface area (Å²) >= 11 is 5.32. The predicted octanol–water partition coefficient (Wildman–Crippen LogP) is 5.78. The van der Waals surface area contributed by atoms with Crippen molar-refractivity contribution in [3.63, 3.8) is 0 Å². The van der Waals surface area contributed by atoms with E-state index < -0.39 is 28.8 Å². The van der Waals surface area contributed by atoms with Crippen molar-refractivity contribution in [2.45, 2.75) is 24.7 Å². The molecular formula is C29H30ClF3N4O4. The van der Waals surface area contributed by atoms with Crippen LogP contribution in [0.25, 0.3) is 0 Å². The first-order chi connectivity index (χ1) is 19.5. The largest absolute Gasteiger partial charge is 0.462 e. The number of halogens is 4. The molecule has 1 saturated heterocycles. The maximum atomic E-state index is 12.9. The number of rotatable bonds is 8. The van der Waals surface area contributed by atoms with Gasteiger partial charge in [0.1, 0.15) is 0 Å². The van der Waals surface area contributed by atoms with Crippen molar-refractivity contribution in [3.05, 3.63) is 89.5 Å². The van der Waals surface area contributed by atoms with E-state index in [1.165, 1.54) is 12.1 Å². The molecule has 1 aliphatic rings. The van der Waals surface area contributed by atoms with Gasteiger partial charge >= 0.3 is 18.2 Å². The number of esters is 1. The minimum Gasteiger partial charge on any atom is -0.462 e. The van der Waals surface area contributed by atoms with Crippen LogP contribution in [0, 0.1) is 0 Å². The number of carbonyl (C=O) groups excluding carboxylic acids is 2. The molecule has 3 aromatic carbocycles. The number of piperazine rings is 1. The number of nitrogens with one attached hydrogen (secondary N) is 2. The van der Waals surface area contributed by atoms with Gasteiger partial charge in [-0.3, -0.25) is 4.90 Å². The minimum atomic E-state index is -4.98. The molecule has 4 rings (SSSR count). The lowest BCUT2D eigenvalue weighted by Gasteiger charge is -2.36. The van der Waals surface area contributed by atoms with Crippen LogP contribution in [-0.2, 0) is 16.3 Å². The van der Waals surface area contributed by atoms with Crippen LogP contribution < -0.4 is 15.5 Å². The normalized spacial score (nSPS) is 15.6. The van der Waals surface area contributed by atoms with E-state index in [2.05, 4.69) is 20.4 Å². The van der Waals surface area contributed by atoms with Gasteiger partial charge in [0.25, 0.3) is 5.06 Å². The number of hydrogen-bond donors (Lipinski definition) is 3. The molecule has 0 aromatic heterocycles. The number of ether oxygens (including phenoxy) is 1. The molecule has 1 atom stereocenters. The first kappa shape index (κ1) is 30.2. The van der Waals surface area contributed by atoms with Crippen LogP contribution in [0.3, 0.4) is 0 Å². The Bertz CT molecular complexity index is 1330. The number of alkyl halides is 4. The molecular weight excluding hydrogens is 561 g/mol. The van der Waals surface area contributed by atoms with Crippen molar-refractivity contribution in [2.75, 3.05) is 48.3 Å². The second-order valence-corrected chi connectivity index (χ2v) is 10.1. The Morgan fingerprint density at radius 2 is 1.41 bits per heavy atom. The fourth-order valence-electron chi connectivity index (χ4n) is 4.37. The zero-order valence-corrected chi connectivity index (χ0v) is 23.0. The van der Waals surface area contributed by atoms with Gasteiger partial charge in [0, 0.05) is 55.3 Å².